The summed E-state index contributed by atoms with van der Waals surface area (Å²) in [5, 5.41) is 0. The van der Waals surface area contributed by atoms with Crippen molar-refractivity contribution in [2.24, 2.45) is 0 Å². The molecule has 0 spiro atoms. The molecular formula is C26H36O17S. The third-order valence-electron chi connectivity index (χ3n) is 5.90. The number of esters is 7. The van der Waals surface area contributed by atoms with Crippen molar-refractivity contribution >= 4 is 54.4 Å². The Morgan fingerprint density at radius 1 is 0.477 bits per heavy atom. The standard InChI is InChI=1S/C26H36O17S/c1-10(27)34-8-17-19(36-12(3)29)21(37-13(4)30)23(39-15(6)32)25(41-17)43-20-18(9-35-11(2)28)42-26(44)24(40-16(7)33)22(20)38-14(5)31/h17-26,44H,8-9H2,1-7H3/t17?,18?,19-,20-,21?,22?,23?,24?,25+,26+/m1/s1. The molecule has 17 nitrogen and oxygen atoms in total. The summed E-state index contributed by atoms with van der Waals surface area (Å²) in [6, 6.07) is 0. The molecule has 0 amide bonds. The van der Waals surface area contributed by atoms with Gasteiger partial charge in [0.05, 0.1) is 0 Å². The second-order valence-electron chi connectivity index (χ2n) is 9.68. The van der Waals surface area contributed by atoms with E-state index in [1.807, 2.05) is 0 Å². The Morgan fingerprint density at radius 2 is 0.841 bits per heavy atom. The highest BCUT2D eigenvalue weighted by atomic mass is 32.1. The predicted octanol–water partition coefficient (Wildman–Crippen LogP) is -0.464. The molecule has 0 aromatic rings. The third kappa shape index (κ3) is 10.9. The molecule has 2 aliphatic heterocycles. The van der Waals surface area contributed by atoms with Gasteiger partial charge in [0.1, 0.15) is 37.0 Å². The monoisotopic (exact) mass is 652 g/mol. The van der Waals surface area contributed by atoms with Crippen molar-refractivity contribution in [1.82, 2.24) is 0 Å². The molecule has 44 heavy (non-hydrogen) atoms. The fraction of sp³-hybridized carbons (Fsp3) is 0.731. The predicted molar refractivity (Wildman–Crippen MR) is 142 cm³/mol. The van der Waals surface area contributed by atoms with E-state index in [0.717, 1.165) is 48.5 Å². The molecule has 0 saturated carbocycles. The van der Waals surface area contributed by atoms with Crippen LogP contribution in [0.2, 0.25) is 0 Å². The van der Waals surface area contributed by atoms with Gasteiger partial charge in [-0.1, -0.05) is 0 Å². The average Bonchev–Trinajstić information content (AvgIpc) is 2.87. The van der Waals surface area contributed by atoms with Crippen LogP contribution in [0.25, 0.3) is 0 Å². The molecule has 0 N–H and O–H groups in total. The van der Waals surface area contributed by atoms with Gasteiger partial charge in [0, 0.05) is 48.5 Å². The highest BCUT2D eigenvalue weighted by molar-refractivity contribution is 7.80. The van der Waals surface area contributed by atoms with Gasteiger partial charge >= 0.3 is 41.8 Å². The summed E-state index contributed by atoms with van der Waals surface area (Å²) in [5.41, 5.74) is -1.21. The molecule has 10 atom stereocenters. The maximum atomic E-state index is 12.2. The van der Waals surface area contributed by atoms with Crippen LogP contribution in [0.4, 0.5) is 0 Å². The summed E-state index contributed by atoms with van der Waals surface area (Å²) >= 11 is 4.30. The van der Waals surface area contributed by atoms with Crippen LogP contribution in [0.1, 0.15) is 48.5 Å². The van der Waals surface area contributed by atoms with Gasteiger partial charge in [0.15, 0.2) is 36.8 Å². The molecule has 18 heteroatoms. The lowest BCUT2D eigenvalue weighted by atomic mass is 9.96. The van der Waals surface area contributed by atoms with E-state index in [4.69, 9.17) is 47.4 Å². The maximum Gasteiger partial charge on any atom is 0.303 e. The van der Waals surface area contributed by atoms with E-state index in [2.05, 4.69) is 12.6 Å². The quantitative estimate of drug-likeness (QED) is 0.170. The summed E-state index contributed by atoms with van der Waals surface area (Å²) in [5.74, 6) is -5.69. The first-order valence-electron chi connectivity index (χ1n) is 13.3. The van der Waals surface area contributed by atoms with Crippen LogP contribution < -0.4 is 0 Å². The van der Waals surface area contributed by atoms with Crippen LogP contribution >= 0.6 is 12.6 Å². The Balaban J connectivity index is 2.66. The van der Waals surface area contributed by atoms with Crippen molar-refractivity contribution in [1.29, 1.82) is 0 Å². The van der Waals surface area contributed by atoms with Gasteiger partial charge in [-0.05, 0) is 0 Å². The van der Waals surface area contributed by atoms with Crippen LogP contribution in [-0.2, 0) is 80.9 Å². The largest absolute Gasteiger partial charge is 0.463 e. The minimum atomic E-state index is -1.74. The van der Waals surface area contributed by atoms with Crippen LogP contribution in [0.15, 0.2) is 0 Å². The lowest BCUT2D eigenvalue weighted by Crippen LogP contribution is -2.66. The average molecular weight is 653 g/mol. The van der Waals surface area contributed by atoms with Crippen molar-refractivity contribution in [2.45, 2.75) is 109 Å². The van der Waals surface area contributed by atoms with E-state index < -0.39 is 116 Å². The summed E-state index contributed by atoms with van der Waals surface area (Å²) in [4.78, 5) is 83.7. The summed E-state index contributed by atoms with van der Waals surface area (Å²) in [6.07, 6.45) is -13.4. The van der Waals surface area contributed by atoms with Crippen molar-refractivity contribution < 1.29 is 80.9 Å². The van der Waals surface area contributed by atoms with E-state index in [1.54, 1.807) is 0 Å². The molecule has 2 rings (SSSR count). The van der Waals surface area contributed by atoms with Gasteiger partial charge in [-0.25, -0.2) is 0 Å². The van der Waals surface area contributed by atoms with Gasteiger partial charge in [-0.2, -0.15) is 0 Å². The first-order chi connectivity index (χ1) is 20.5. The van der Waals surface area contributed by atoms with Crippen LogP contribution in [0.5, 0.6) is 0 Å². The van der Waals surface area contributed by atoms with E-state index in [9.17, 15) is 33.6 Å². The maximum absolute atomic E-state index is 12.2. The molecule has 2 aliphatic rings. The summed E-state index contributed by atoms with van der Waals surface area (Å²) in [6.45, 7) is 6.50. The molecule has 0 radical (unpaired) electrons. The van der Waals surface area contributed by atoms with E-state index in [0.29, 0.717) is 0 Å². The van der Waals surface area contributed by atoms with Crippen LogP contribution in [0.3, 0.4) is 0 Å². The normalized spacial score (nSPS) is 31.5. The van der Waals surface area contributed by atoms with Crippen molar-refractivity contribution in [3.8, 4) is 0 Å². The highest BCUT2D eigenvalue weighted by Gasteiger charge is 2.57. The fourth-order valence-electron chi connectivity index (χ4n) is 4.49. The number of hydrogen-bond acceptors (Lipinski definition) is 18. The number of hydrogen-bond donors (Lipinski definition) is 1. The van der Waals surface area contributed by atoms with Gasteiger partial charge in [-0.3, -0.25) is 33.6 Å². The molecule has 2 fully saturated rings. The third-order valence-corrected chi connectivity index (χ3v) is 6.32. The molecule has 0 aromatic heterocycles. The topological polar surface area (TPSA) is 212 Å². The van der Waals surface area contributed by atoms with E-state index >= 15 is 0 Å². The molecule has 2 saturated heterocycles. The fourth-order valence-corrected chi connectivity index (χ4v) is 4.88. The number of thiol groups is 1. The summed E-state index contributed by atoms with van der Waals surface area (Å²) in [7, 11) is 0. The highest BCUT2D eigenvalue weighted by Crippen LogP contribution is 2.35. The minimum Gasteiger partial charge on any atom is -0.463 e. The zero-order chi connectivity index (χ0) is 33.3. The number of carbonyl (C=O) groups is 7. The molecule has 0 aliphatic carbocycles. The van der Waals surface area contributed by atoms with Gasteiger partial charge in [-0.15, -0.1) is 12.6 Å². The Hall–Kier alpha value is -3.48. The summed E-state index contributed by atoms with van der Waals surface area (Å²) < 4.78 is 55.0. The van der Waals surface area contributed by atoms with Crippen molar-refractivity contribution in [3.05, 3.63) is 0 Å². The van der Waals surface area contributed by atoms with Crippen molar-refractivity contribution in [3.63, 3.8) is 0 Å². The van der Waals surface area contributed by atoms with E-state index in [-0.39, 0.29) is 0 Å². The Bertz CT molecular complexity index is 1090. The Morgan fingerprint density at radius 3 is 1.27 bits per heavy atom. The van der Waals surface area contributed by atoms with E-state index in [1.165, 1.54) is 0 Å². The molecule has 6 unspecified atom stereocenters. The number of ether oxygens (including phenoxy) is 10. The first-order valence-corrected chi connectivity index (χ1v) is 13.8. The smallest absolute Gasteiger partial charge is 0.303 e. The lowest BCUT2D eigenvalue weighted by Gasteiger charge is -2.48. The minimum absolute atomic E-state index is 0.479. The zero-order valence-electron chi connectivity index (χ0n) is 25.1. The second kappa shape index (κ2) is 16.6. The SMILES string of the molecule is CC(=O)OCC1O[C@@H](O[C@@H]2C(COC(C)=O)O[C@@H](S)C(OC(C)=O)C2OC(C)=O)C(OC(C)=O)C(OC(C)=O)[C@@H]1OC(C)=O. The molecule has 0 bridgehead atoms. The Labute approximate surface area is 257 Å². The van der Waals surface area contributed by atoms with Gasteiger partial charge in [0.25, 0.3) is 0 Å². The molecule has 248 valence electrons. The first kappa shape index (κ1) is 36.7. The zero-order valence-corrected chi connectivity index (χ0v) is 26.0. The van der Waals surface area contributed by atoms with Crippen LogP contribution in [0, 0.1) is 0 Å². The van der Waals surface area contributed by atoms with Gasteiger partial charge < -0.3 is 47.4 Å². The number of rotatable bonds is 11. The second-order valence-corrected chi connectivity index (χ2v) is 10.2. The van der Waals surface area contributed by atoms with Gasteiger partial charge in [0.2, 0.25) is 0 Å². The van der Waals surface area contributed by atoms with Crippen molar-refractivity contribution in [2.75, 3.05) is 13.2 Å². The lowest BCUT2D eigenvalue weighted by molar-refractivity contribution is -0.341. The number of carbonyl (C=O) groups excluding carboxylic acids is 7. The Kier molecular flexibility index (Phi) is 13.8. The molecule has 2 heterocycles. The molecular weight excluding hydrogens is 616 g/mol. The van der Waals surface area contributed by atoms with Crippen LogP contribution in [-0.4, -0.2) is 116 Å². The molecule has 0 aromatic carbocycles.